The summed E-state index contributed by atoms with van der Waals surface area (Å²) in [6.07, 6.45) is 0. The highest BCUT2D eigenvalue weighted by Gasteiger charge is 2.12. The summed E-state index contributed by atoms with van der Waals surface area (Å²) < 4.78 is 4.17. The number of nitrogens with one attached hydrogen (secondary N) is 2. The van der Waals surface area contributed by atoms with Crippen LogP contribution in [0.3, 0.4) is 0 Å². The van der Waals surface area contributed by atoms with Gasteiger partial charge in [-0.3, -0.25) is 14.9 Å². The first-order valence-corrected chi connectivity index (χ1v) is 12.2. The van der Waals surface area contributed by atoms with Crippen molar-refractivity contribution in [3.8, 4) is 0 Å². The van der Waals surface area contributed by atoms with Gasteiger partial charge in [0.25, 0.3) is 5.91 Å². The van der Waals surface area contributed by atoms with Crippen LogP contribution in [0.15, 0.2) is 52.5 Å². The number of hydrogen-bond donors (Lipinski definition) is 2. The zero-order chi connectivity index (χ0) is 21.5. The molecule has 1 aromatic heterocycles. The Morgan fingerprint density at radius 1 is 1.10 bits per heavy atom. The Balaban J connectivity index is 1.55. The molecular weight excluding hydrogens is 483 g/mol. The molecule has 0 saturated heterocycles. The quantitative estimate of drug-likeness (QED) is 0.373. The number of anilines is 2. The van der Waals surface area contributed by atoms with E-state index >= 15 is 0 Å². The molecule has 0 radical (unpaired) electrons. The molecular formula is C19H16Cl2N4O2S3. The minimum Gasteiger partial charge on any atom is -0.322 e. The molecule has 1 heterocycles. The normalized spacial score (nSPS) is 10.6. The number of carbonyl (C=O) groups is 2. The van der Waals surface area contributed by atoms with Crippen LogP contribution in [-0.4, -0.2) is 32.7 Å². The average Bonchev–Trinajstić information content (AvgIpc) is 3.13. The molecule has 0 unspecified atom stereocenters. The van der Waals surface area contributed by atoms with E-state index < -0.39 is 0 Å². The minimum absolute atomic E-state index is 0.174. The molecule has 0 bridgehead atoms. The molecule has 2 N–H and O–H groups in total. The van der Waals surface area contributed by atoms with Crippen LogP contribution in [0, 0.1) is 0 Å². The van der Waals surface area contributed by atoms with Gasteiger partial charge in [-0.1, -0.05) is 48.0 Å². The van der Waals surface area contributed by atoms with Crippen molar-refractivity contribution >= 4 is 80.9 Å². The number of rotatable bonds is 8. The lowest BCUT2D eigenvalue weighted by Crippen LogP contribution is -2.14. The highest BCUT2D eigenvalue weighted by atomic mass is 35.5. The van der Waals surface area contributed by atoms with E-state index in [1.807, 2.05) is 13.0 Å². The molecule has 0 atom stereocenters. The van der Waals surface area contributed by atoms with Gasteiger partial charge in [0.15, 0.2) is 0 Å². The molecule has 0 aliphatic carbocycles. The Bertz CT molecular complexity index is 1060. The topological polar surface area (TPSA) is 84.0 Å². The van der Waals surface area contributed by atoms with Crippen molar-refractivity contribution in [3.05, 3.63) is 58.1 Å². The molecule has 30 heavy (non-hydrogen) atoms. The van der Waals surface area contributed by atoms with Crippen molar-refractivity contribution in [2.24, 2.45) is 0 Å². The predicted octanol–water partition coefficient (Wildman–Crippen LogP) is 5.94. The second kappa shape index (κ2) is 11.0. The van der Waals surface area contributed by atoms with Gasteiger partial charge in [0.2, 0.25) is 16.2 Å². The summed E-state index contributed by atoms with van der Waals surface area (Å²) >= 11 is 16.0. The van der Waals surface area contributed by atoms with E-state index in [0.29, 0.717) is 26.6 Å². The highest BCUT2D eigenvalue weighted by molar-refractivity contribution is 8.00. The van der Waals surface area contributed by atoms with E-state index in [1.54, 1.807) is 30.3 Å². The Morgan fingerprint density at radius 2 is 1.93 bits per heavy atom. The fourth-order valence-electron chi connectivity index (χ4n) is 2.29. The lowest BCUT2D eigenvalue weighted by atomic mass is 10.2. The van der Waals surface area contributed by atoms with Gasteiger partial charge in [0, 0.05) is 27.1 Å². The summed E-state index contributed by atoms with van der Waals surface area (Å²) in [5, 5.41) is 7.43. The van der Waals surface area contributed by atoms with Crippen molar-refractivity contribution in [1.29, 1.82) is 0 Å². The molecule has 3 aromatic rings. The van der Waals surface area contributed by atoms with Gasteiger partial charge in [0.1, 0.15) is 0 Å². The third-order valence-corrected chi connectivity index (χ3v) is 6.58. The summed E-state index contributed by atoms with van der Waals surface area (Å²) in [5.41, 5.74) is 0.929. The van der Waals surface area contributed by atoms with Gasteiger partial charge in [-0.2, -0.15) is 9.36 Å². The molecule has 156 valence electrons. The minimum atomic E-state index is -0.339. The number of halogens is 2. The van der Waals surface area contributed by atoms with Gasteiger partial charge in [-0.25, -0.2) is 0 Å². The second-order valence-corrected chi connectivity index (χ2v) is 9.63. The Hall–Kier alpha value is -1.78. The molecule has 0 fully saturated rings. The van der Waals surface area contributed by atoms with E-state index in [9.17, 15) is 9.59 Å². The van der Waals surface area contributed by atoms with Crippen LogP contribution in [0.4, 0.5) is 10.8 Å². The first-order chi connectivity index (χ1) is 14.4. The number of carbonyl (C=O) groups excluding carboxylic acids is 2. The predicted molar refractivity (Wildman–Crippen MR) is 127 cm³/mol. The number of amides is 2. The van der Waals surface area contributed by atoms with Crippen LogP contribution in [0.2, 0.25) is 10.0 Å². The zero-order valence-electron chi connectivity index (χ0n) is 15.6. The number of thioether (sulfide) groups is 2. The number of nitrogens with zero attached hydrogens (tertiary/aromatic N) is 2. The molecule has 0 aliphatic rings. The van der Waals surface area contributed by atoms with Crippen molar-refractivity contribution in [2.75, 3.05) is 22.1 Å². The molecule has 0 spiro atoms. The fourth-order valence-corrected chi connectivity index (χ4v) is 4.82. The van der Waals surface area contributed by atoms with Crippen LogP contribution >= 0.6 is 58.3 Å². The van der Waals surface area contributed by atoms with Gasteiger partial charge in [-0.15, -0.1) is 11.8 Å². The zero-order valence-corrected chi connectivity index (χ0v) is 19.6. The van der Waals surface area contributed by atoms with Gasteiger partial charge in [-0.05, 0) is 42.2 Å². The fraction of sp³-hybridized carbons (Fsp3) is 0.158. The monoisotopic (exact) mass is 498 g/mol. The van der Waals surface area contributed by atoms with Crippen LogP contribution < -0.4 is 10.6 Å². The molecule has 0 aliphatic heterocycles. The Labute approximate surface area is 196 Å². The summed E-state index contributed by atoms with van der Waals surface area (Å²) in [6, 6.07) is 11.9. The number of benzene rings is 2. The lowest BCUT2D eigenvalue weighted by Gasteiger charge is -2.09. The SMILES string of the molecule is CCSc1nsc(NC(=O)CSc2cccc(NC(=O)c3ccc(Cl)cc3Cl)c2)n1. The average molecular weight is 499 g/mol. The summed E-state index contributed by atoms with van der Waals surface area (Å²) in [6.45, 7) is 2.02. The van der Waals surface area contributed by atoms with E-state index in [2.05, 4.69) is 20.0 Å². The molecule has 0 saturated carbocycles. The Kier molecular flexibility index (Phi) is 8.41. The van der Waals surface area contributed by atoms with Gasteiger partial charge in [0.05, 0.1) is 16.3 Å². The molecule has 2 amide bonds. The molecule has 3 rings (SSSR count). The maximum atomic E-state index is 12.5. The van der Waals surface area contributed by atoms with Crippen LogP contribution in [-0.2, 0) is 4.79 Å². The van der Waals surface area contributed by atoms with Gasteiger partial charge < -0.3 is 5.32 Å². The molecule has 2 aromatic carbocycles. The van der Waals surface area contributed by atoms with Crippen molar-refractivity contribution < 1.29 is 9.59 Å². The maximum Gasteiger partial charge on any atom is 0.257 e. The summed E-state index contributed by atoms with van der Waals surface area (Å²) in [5.74, 6) is 0.563. The van der Waals surface area contributed by atoms with E-state index in [0.717, 1.165) is 22.2 Å². The Morgan fingerprint density at radius 3 is 2.70 bits per heavy atom. The van der Waals surface area contributed by atoms with Crippen LogP contribution in [0.5, 0.6) is 0 Å². The van der Waals surface area contributed by atoms with Crippen molar-refractivity contribution in [1.82, 2.24) is 9.36 Å². The van der Waals surface area contributed by atoms with Gasteiger partial charge >= 0.3 is 0 Å². The maximum absolute atomic E-state index is 12.5. The number of aromatic nitrogens is 2. The van der Waals surface area contributed by atoms with E-state index in [-0.39, 0.29) is 22.6 Å². The molecule has 6 nitrogen and oxygen atoms in total. The van der Waals surface area contributed by atoms with Crippen molar-refractivity contribution in [3.63, 3.8) is 0 Å². The smallest absolute Gasteiger partial charge is 0.257 e. The lowest BCUT2D eigenvalue weighted by molar-refractivity contribution is -0.113. The first kappa shape index (κ1) is 22.9. The third-order valence-electron chi connectivity index (χ3n) is 3.56. The first-order valence-electron chi connectivity index (χ1n) is 8.70. The summed E-state index contributed by atoms with van der Waals surface area (Å²) in [7, 11) is 0. The van der Waals surface area contributed by atoms with Crippen LogP contribution in [0.25, 0.3) is 0 Å². The highest BCUT2D eigenvalue weighted by Crippen LogP contribution is 2.25. The molecule has 11 heteroatoms. The standard InChI is InChI=1S/C19H16Cl2N4O2S3/c1-2-28-19-24-18(30-25-19)23-16(26)10-29-13-5-3-4-12(9-13)22-17(27)14-7-6-11(20)8-15(14)21/h3-9H,2,10H2,1H3,(H,22,27)(H,23,24,25,26). The largest absolute Gasteiger partial charge is 0.322 e. The van der Waals surface area contributed by atoms with E-state index in [4.69, 9.17) is 23.2 Å². The van der Waals surface area contributed by atoms with Crippen LogP contribution in [0.1, 0.15) is 17.3 Å². The van der Waals surface area contributed by atoms with Crippen molar-refractivity contribution in [2.45, 2.75) is 17.0 Å². The summed E-state index contributed by atoms with van der Waals surface area (Å²) in [4.78, 5) is 29.7. The van der Waals surface area contributed by atoms with E-state index in [1.165, 1.54) is 29.6 Å². The third kappa shape index (κ3) is 6.61. The number of hydrogen-bond acceptors (Lipinski definition) is 7. The second-order valence-electron chi connectivity index (χ2n) is 5.76.